The fourth-order valence-corrected chi connectivity index (χ4v) is 5.12. The second-order valence-electron chi connectivity index (χ2n) is 9.44. The van der Waals surface area contributed by atoms with Crippen LogP contribution in [0.1, 0.15) is 22.3 Å². The van der Waals surface area contributed by atoms with Crippen molar-refractivity contribution in [3.63, 3.8) is 0 Å². The Morgan fingerprint density at radius 2 is 1.50 bits per heavy atom. The van der Waals surface area contributed by atoms with Crippen molar-refractivity contribution in [3.05, 3.63) is 104 Å². The lowest BCUT2D eigenvalue weighted by Crippen LogP contribution is -2.41. The highest BCUT2D eigenvalue weighted by Gasteiger charge is 2.22. The maximum absolute atomic E-state index is 13.8. The van der Waals surface area contributed by atoms with Crippen LogP contribution in [0.4, 0.5) is 5.69 Å². The van der Waals surface area contributed by atoms with Gasteiger partial charge in [-0.05, 0) is 63.1 Å². The molecule has 3 aromatic carbocycles. The van der Waals surface area contributed by atoms with E-state index in [2.05, 4.69) is 5.32 Å². The molecule has 0 aliphatic heterocycles. The van der Waals surface area contributed by atoms with Crippen molar-refractivity contribution in [1.29, 1.82) is 0 Å². The second-order valence-corrected chi connectivity index (χ2v) is 9.44. The van der Waals surface area contributed by atoms with Gasteiger partial charge in [0, 0.05) is 18.1 Å². The number of rotatable bonds is 4. The number of aromatic nitrogens is 3. The van der Waals surface area contributed by atoms with E-state index in [-0.39, 0.29) is 12.5 Å². The molecule has 0 aliphatic carbocycles. The average Bonchev–Trinajstić information content (AvgIpc) is 3.11. The van der Waals surface area contributed by atoms with E-state index in [1.165, 1.54) is 4.57 Å². The molecule has 7 nitrogen and oxygen atoms in total. The minimum atomic E-state index is -0.555. The summed E-state index contributed by atoms with van der Waals surface area (Å²) in [6, 6.07) is 18.7. The molecular formula is C29H28N4O3. The van der Waals surface area contributed by atoms with Crippen LogP contribution in [0.15, 0.2) is 70.3 Å². The Labute approximate surface area is 208 Å². The Hall–Kier alpha value is -4.39. The summed E-state index contributed by atoms with van der Waals surface area (Å²) in [5, 5.41) is 3.75. The number of benzene rings is 3. The molecule has 0 bridgehead atoms. The van der Waals surface area contributed by atoms with Crippen molar-refractivity contribution in [1.82, 2.24) is 13.7 Å². The summed E-state index contributed by atoms with van der Waals surface area (Å²) >= 11 is 0. The molecule has 2 aromatic heterocycles. The second kappa shape index (κ2) is 8.68. The highest BCUT2D eigenvalue weighted by molar-refractivity contribution is 6.06. The number of hydrogen-bond donors (Lipinski definition) is 1. The van der Waals surface area contributed by atoms with Gasteiger partial charge < -0.3 is 9.88 Å². The molecular weight excluding hydrogens is 452 g/mol. The molecule has 7 heteroatoms. The summed E-state index contributed by atoms with van der Waals surface area (Å²) in [7, 11) is 1.81. The number of fused-ring (bicyclic) bond motifs is 3. The van der Waals surface area contributed by atoms with E-state index in [4.69, 9.17) is 0 Å². The molecule has 1 N–H and O–H groups in total. The lowest BCUT2D eigenvalue weighted by atomic mass is 10.1. The molecule has 5 rings (SSSR count). The van der Waals surface area contributed by atoms with Crippen molar-refractivity contribution in [2.24, 2.45) is 7.05 Å². The van der Waals surface area contributed by atoms with E-state index >= 15 is 0 Å². The number of para-hydroxylation sites is 1. The number of aryl methyl sites for hydroxylation is 5. The minimum absolute atomic E-state index is 0.234. The Balaban J connectivity index is 1.76. The van der Waals surface area contributed by atoms with Crippen molar-refractivity contribution in [3.8, 4) is 5.69 Å². The highest BCUT2D eigenvalue weighted by Crippen LogP contribution is 2.27. The van der Waals surface area contributed by atoms with E-state index in [0.29, 0.717) is 16.7 Å². The monoisotopic (exact) mass is 480 g/mol. The fraction of sp³-hybridized carbons (Fsp3) is 0.207. The maximum Gasteiger partial charge on any atom is 0.336 e. The quantitative estimate of drug-likeness (QED) is 0.411. The van der Waals surface area contributed by atoms with Crippen LogP contribution in [-0.2, 0) is 18.4 Å². The minimum Gasteiger partial charge on any atom is -0.338 e. The van der Waals surface area contributed by atoms with Gasteiger partial charge >= 0.3 is 5.69 Å². The number of nitrogens with one attached hydrogen (secondary N) is 1. The lowest BCUT2D eigenvalue weighted by Gasteiger charge is -2.15. The van der Waals surface area contributed by atoms with Crippen LogP contribution >= 0.6 is 0 Å². The molecule has 182 valence electrons. The third kappa shape index (κ3) is 3.73. The van der Waals surface area contributed by atoms with Crippen molar-refractivity contribution < 1.29 is 4.79 Å². The summed E-state index contributed by atoms with van der Waals surface area (Å²) in [4.78, 5) is 40.9. The summed E-state index contributed by atoms with van der Waals surface area (Å²) in [6.45, 7) is 7.63. The van der Waals surface area contributed by atoms with E-state index < -0.39 is 11.2 Å². The van der Waals surface area contributed by atoms with Gasteiger partial charge in [0.1, 0.15) is 12.1 Å². The van der Waals surface area contributed by atoms with Gasteiger partial charge in [0.15, 0.2) is 0 Å². The number of carbonyl (C=O) groups excluding carboxylic acids is 1. The first-order valence-corrected chi connectivity index (χ1v) is 11.8. The van der Waals surface area contributed by atoms with Crippen LogP contribution in [0.25, 0.3) is 27.6 Å². The van der Waals surface area contributed by atoms with Crippen LogP contribution < -0.4 is 16.6 Å². The molecule has 0 saturated carbocycles. The van der Waals surface area contributed by atoms with Crippen molar-refractivity contribution in [2.45, 2.75) is 34.2 Å². The average molecular weight is 481 g/mol. The summed E-state index contributed by atoms with van der Waals surface area (Å²) < 4.78 is 4.36. The topological polar surface area (TPSA) is 78.0 Å². The molecule has 1 amide bonds. The molecule has 0 spiro atoms. The van der Waals surface area contributed by atoms with Gasteiger partial charge in [-0.1, -0.05) is 47.5 Å². The molecule has 0 saturated heterocycles. The molecule has 0 atom stereocenters. The fourth-order valence-electron chi connectivity index (χ4n) is 5.12. The first-order chi connectivity index (χ1) is 17.2. The van der Waals surface area contributed by atoms with E-state index in [1.54, 1.807) is 28.8 Å². The first-order valence-electron chi connectivity index (χ1n) is 11.8. The van der Waals surface area contributed by atoms with Gasteiger partial charge in [0.05, 0.1) is 16.7 Å². The SMILES string of the molecule is Cc1cc(C)c(NC(=O)Cn2c(=O)n(-c3ccccc3)c(=O)c3c2c2cc(C)ccc2n3C)c(C)c1. The summed E-state index contributed by atoms with van der Waals surface area (Å²) in [5.41, 5.74) is 5.88. The third-order valence-corrected chi connectivity index (χ3v) is 6.68. The number of hydrogen-bond acceptors (Lipinski definition) is 3. The van der Waals surface area contributed by atoms with E-state index in [0.717, 1.165) is 43.4 Å². The molecule has 0 unspecified atom stereocenters. The summed E-state index contributed by atoms with van der Waals surface area (Å²) in [5.74, 6) is -0.337. The Morgan fingerprint density at radius 3 is 2.17 bits per heavy atom. The maximum atomic E-state index is 13.8. The van der Waals surface area contributed by atoms with Gasteiger partial charge in [-0.2, -0.15) is 0 Å². The van der Waals surface area contributed by atoms with Crippen molar-refractivity contribution >= 4 is 33.5 Å². The van der Waals surface area contributed by atoms with Crippen LogP contribution in [-0.4, -0.2) is 19.6 Å². The van der Waals surface area contributed by atoms with Crippen molar-refractivity contribution in [2.75, 3.05) is 5.32 Å². The number of amides is 1. The Bertz CT molecular complexity index is 1770. The van der Waals surface area contributed by atoms with Gasteiger partial charge in [0.2, 0.25) is 5.91 Å². The Kier molecular flexibility index (Phi) is 5.63. The predicted octanol–water partition coefficient (Wildman–Crippen LogP) is 4.52. The van der Waals surface area contributed by atoms with Gasteiger partial charge in [0.25, 0.3) is 5.56 Å². The number of nitrogens with zero attached hydrogens (tertiary/aromatic N) is 3. The van der Waals surface area contributed by atoms with Crippen LogP contribution in [0.3, 0.4) is 0 Å². The van der Waals surface area contributed by atoms with Gasteiger partial charge in [-0.25, -0.2) is 9.36 Å². The van der Waals surface area contributed by atoms with Gasteiger partial charge in [-0.15, -0.1) is 0 Å². The lowest BCUT2D eigenvalue weighted by molar-refractivity contribution is -0.116. The Morgan fingerprint density at radius 1 is 0.833 bits per heavy atom. The molecule has 36 heavy (non-hydrogen) atoms. The molecule has 5 aromatic rings. The predicted molar refractivity (Wildman–Crippen MR) is 144 cm³/mol. The van der Waals surface area contributed by atoms with Crippen LogP contribution in [0.2, 0.25) is 0 Å². The zero-order valence-electron chi connectivity index (χ0n) is 21.0. The standard InChI is InChI=1S/C29H28N4O3/c1-17-11-12-23-22(15-17)26-27(31(23)5)28(35)33(21-9-7-6-8-10-21)29(36)32(26)16-24(34)30-25-19(3)13-18(2)14-20(25)4/h6-15H,16H2,1-5H3,(H,30,34). The normalized spacial score (nSPS) is 11.4. The molecule has 0 fully saturated rings. The summed E-state index contributed by atoms with van der Waals surface area (Å²) in [6.07, 6.45) is 0. The van der Waals surface area contributed by atoms with Crippen LogP contribution in [0.5, 0.6) is 0 Å². The first kappa shape index (κ1) is 23.4. The zero-order chi connectivity index (χ0) is 25.7. The largest absolute Gasteiger partial charge is 0.338 e. The highest BCUT2D eigenvalue weighted by atomic mass is 16.2. The number of anilines is 1. The molecule has 2 heterocycles. The molecule has 0 aliphatic rings. The van der Waals surface area contributed by atoms with E-state index in [9.17, 15) is 14.4 Å². The number of carbonyl (C=O) groups is 1. The van der Waals surface area contributed by atoms with Crippen LogP contribution in [0, 0.1) is 27.7 Å². The van der Waals surface area contributed by atoms with Gasteiger partial charge in [-0.3, -0.25) is 14.2 Å². The smallest absolute Gasteiger partial charge is 0.336 e. The zero-order valence-corrected chi connectivity index (χ0v) is 21.0. The molecule has 0 radical (unpaired) electrons. The third-order valence-electron chi connectivity index (χ3n) is 6.68. The van der Waals surface area contributed by atoms with E-state index in [1.807, 2.05) is 71.1 Å².